The molecular formula is C9H14N4. The van der Waals surface area contributed by atoms with Gasteiger partial charge in [0.15, 0.2) is 5.82 Å². The Labute approximate surface area is 78.0 Å². The minimum atomic E-state index is 0.779. The minimum Gasteiger partial charge on any atom is -0.387 e. The van der Waals surface area contributed by atoms with E-state index in [1.165, 1.54) is 0 Å². The summed E-state index contributed by atoms with van der Waals surface area (Å²) in [6.45, 7) is 5.71. The Balaban J connectivity index is 3.14. The molecule has 0 spiro atoms. The van der Waals surface area contributed by atoms with Crippen LogP contribution in [0.15, 0.2) is 17.9 Å². The van der Waals surface area contributed by atoms with Crippen molar-refractivity contribution in [1.29, 1.82) is 0 Å². The number of rotatable bonds is 3. The fourth-order valence-electron chi connectivity index (χ4n) is 1.03. The van der Waals surface area contributed by atoms with Crippen LogP contribution in [0.2, 0.25) is 0 Å². The molecule has 0 amide bonds. The SMILES string of the molecule is C=C(NC)c1ncn(C)c1/N=C\C. The first kappa shape index (κ1) is 9.51. The maximum absolute atomic E-state index is 4.21. The van der Waals surface area contributed by atoms with Gasteiger partial charge in [-0.2, -0.15) is 0 Å². The highest BCUT2D eigenvalue weighted by atomic mass is 15.1. The molecule has 1 heterocycles. The van der Waals surface area contributed by atoms with Crippen molar-refractivity contribution in [3.63, 3.8) is 0 Å². The predicted octanol–water partition coefficient (Wildman–Crippen LogP) is 1.33. The standard InChI is InChI=1S/C9H14N4/c1-5-11-9-8(7(2)10-3)12-6-13(9)4/h5-6,10H,2H2,1,3-4H3/b11-5-. The summed E-state index contributed by atoms with van der Waals surface area (Å²) in [5.74, 6) is 0.821. The van der Waals surface area contributed by atoms with Crippen molar-refractivity contribution in [3.05, 3.63) is 18.6 Å². The second-order valence-corrected chi connectivity index (χ2v) is 2.64. The molecule has 0 bridgehead atoms. The molecule has 1 aromatic heterocycles. The van der Waals surface area contributed by atoms with Gasteiger partial charge in [0.05, 0.1) is 12.0 Å². The van der Waals surface area contributed by atoms with Crippen molar-refractivity contribution in [2.45, 2.75) is 6.92 Å². The third kappa shape index (κ3) is 1.77. The Bertz CT molecular complexity index is 335. The van der Waals surface area contributed by atoms with Gasteiger partial charge in [0.2, 0.25) is 0 Å². The van der Waals surface area contributed by atoms with E-state index in [0.29, 0.717) is 0 Å². The number of hydrogen-bond acceptors (Lipinski definition) is 3. The van der Waals surface area contributed by atoms with Crippen LogP contribution in [-0.2, 0) is 7.05 Å². The molecule has 0 unspecified atom stereocenters. The lowest BCUT2D eigenvalue weighted by atomic mass is 10.3. The second kappa shape index (κ2) is 3.89. The fourth-order valence-corrected chi connectivity index (χ4v) is 1.03. The summed E-state index contributed by atoms with van der Waals surface area (Å²) in [5.41, 5.74) is 1.57. The zero-order chi connectivity index (χ0) is 9.84. The molecule has 0 aliphatic rings. The van der Waals surface area contributed by atoms with Crippen LogP contribution in [0, 0.1) is 0 Å². The van der Waals surface area contributed by atoms with Gasteiger partial charge in [-0.25, -0.2) is 9.98 Å². The Morgan fingerprint density at radius 1 is 1.77 bits per heavy atom. The lowest BCUT2D eigenvalue weighted by molar-refractivity contribution is 0.912. The fraction of sp³-hybridized carbons (Fsp3) is 0.333. The Morgan fingerprint density at radius 2 is 2.46 bits per heavy atom. The van der Waals surface area contributed by atoms with Crippen LogP contribution >= 0.6 is 0 Å². The third-order valence-electron chi connectivity index (χ3n) is 1.74. The van der Waals surface area contributed by atoms with E-state index in [9.17, 15) is 0 Å². The Kier molecular flexibility index (Phi) is 2.84. The molecule has 1 rings (SSSR count). The number of nitrogens with one attached hydrogen (secondary N) is 1. The lowest BCUT2D eigenvalue weighted by Gasteiger charge is -2.02. The zero-order valence-corrected chi connectivity index (χ0v) is 8.20. The molecule has 0 fully saturated rings. The normalized spacial score (nSPS) is 10.7. The van der Waals surface area contributed by atoms with Gasteiger partial charge in [-0.3, -0.25) is 0 Å². The molecule has 70 valence electrons. The summed E-state index contributed by atoms with van der Waals surface area (Å²) in [4.78, 5) is 8.40. The zero-order valence-electron chi connectivity index (χ0n) is 8.20. The van der Waals surface area contributed by atoms with Gasteiger partial charge in [0.25, 0.3) is 0 Å². The number of aromatic nitrogens is 2. The molecule has 0 saturated heterocycles. The van der Waals surface area contributed by atoms with E-state index in [1.54, 1.807) is 12.5 Å². The van der Waals surface area contributed by atoms with Gasteiger partial charge in [0.1, 0.15) is 5.69 Å². The van der Waals surface area contributed by atoms with Crippen molar-refractivity contribution in [1.82, 2.24) is 14.9 Å². The molecule has 0 saturated carbocycles. The summed E-state index contributed by atoms with van der Waals surface area (Å²) >= 11 is 0. The summed E-state index contributed by atoms with van der Waals surface area (Å²) in [6.07, 6.45) is 3.46. The molecular weight excluding hydrogens is 164 g/mol. The van der Waals surface area contributed by atoms with Crippen LogP contribution in [0.3, 0.4) is 0 Å². The number of aryl methyl sites for hydroxylation is 1. The Morgan fingerprint density at radius 3 is 3.00 bits per heavy atom. The van der Waals surface area contributed by atoms with Crippen molar-refractivity contribution in [3.8, 4) is 0 Å². The van der Waals surface area contributed by atoms with E-state index >= 15 is 0 Å². The summed E-state index contributed by atoms with van der Waals surface area (Å²) < 4.78 is 1.86. The van der Waals surface area contributed by atoms with Gasteiger partial charge < -0.3 is 9.88 Å². The van der Waals surface area contributed by atoms with Crippen molar-refractivity contribution >= 4 is 17.7 Å². The van der Waals surface area contributed by atoms with Crippen LogP contribution < -0.4 is 5.32 Å². The van der Waals surface area contributed by atoms with E-state index < -0.39 is 0 Å². The molecule has 0 aliphatic heterocycles. The largest absolute Gasteiger partial charge is 0.387 e. The maximum Gasteiger partial charge on any atom is 0.161 e. The highest BCUT2D eigenvalue weighted by molar-refractivity contribution is 5.70. The maximum atomic E-state index is 4.21. The van der Waals surface area contributed by atoms with Crippen molar-refractivity contribution in [2.75, 3.05) is 7.05 Å². The molecule has 0 aromatic carbocycles. The minimum absolute atomic E-state index is 0.779. The van der Waals surface area contributed by atoms with E-state index in [1.807, 2.05) is 25.6 Å². The topological polar surface area (TPSA) is 42.2 Å². The smallest absolute Gasteiger partial charge is 0.161 e. The monoisotopic (exact) mass is 178 g/mol. The first-order valence-corrected chi connectivity index (χ1v) is 4.07. The molecule has 4 heteroatoms. The van der Waals surface area contributed by atoms with Gasteiger partial charge in [-0.15, -0.1) is 0 Å². The van der Waals surface area contributed by atoms with Crippen molar-refractivity contribution < 1.29 is 0 Å². The second-order valence-electron chi connectivity index (χ2n) is 2.64. The first-order chi connectivity index (χ1) is 6.20. The van der Waals surface area contributed by atoms with E-state index in [0.717, 1.165) is 17.2 Å². The molecule has 13 heavy (non-hydrogen) atoms. The molecule has 0 aliphatic carbocycles. The molecule has 1 N–H and O–H groups in total. The number of imidazole rings is 1. The van der Waals surface area contributed by atoms with E-state index in [-0.39, 0.29) is 0 Å². The first-order valence-electron chi connectivity index (χ1n) is 4.07. The molecule has 0 atom stereocenters. The van der Waals surface area contributed by atoms with E-state index in [4.69, 9.17) is 0 Å². The van der Waals surface area contributed by atoms with Gasteiger partial charge in [-0.1, -0.05) is 6.58 Å². The van der Waals surface area contributed by atoms with Gasteiger partial charge in [-0.05, 0) is 6.92 Å². The van der Waals surface area contributed by atoms with Crippen LogP contribution in [0.1, 0.15) is 12.6 Å². The lowest BCUT2D eigenvalue weighted by Crippen LogP contribution is -2.03. The predicted molar refractivity (Wildman–Crippen MR) is 55.1 cm³/mol. The average Bonchev–Trinajstić information content (AvgIpc) is 2.48. The van der Waals surface area contributed by atoms with Crippen molar-refractivity contribution in [2.24, 2.45) is 12.0 Å². The van der Waals surface area contributed by atoms with Crippen LogP contribution in [0.5, 0.6) is 0 Å². The summed E-state index contributed by atoms with van der Waals surface area (Å²) in [6, 6.07) is 0. The number of hydrogen-bond donors (Lipinski definition) is 1. The van der Waals surface area contributed by atoms with Gasteiger partial charge in [0, 0.05) is 20.3 Å². The molecule has 0 radical (unpaired) electrons. The van der Waals surface area contributed by atoms with Gasteiger partial charge >= 0.3 is 0 Å². The number of nitrogens with zero attached hydrogens (tertiary/aromatic N) is 3. The van der Waals surface area contributed by atoms with E-state index in [2.05, 4.69) is 21.9 Å². The summed E-state index contributed by atoms with van der Waals surface area (Å²) in [5, 5.41) is 2.95. The highest BCUT2D eigenvalue weighted by Crippen LogP contribution is 2.21. The molecule has 1 aromatic rings. The third-order valence-corrected chi connectivity index (χ3v) is 1.74. The quantitative estimate of drug-likeness (QED) is 0.709. The number of aliphatic imine (C=N–C) groups is 1. The van der Waals surface area contributed by atoms with Crippen LogP contribution in [-0.4, -0.2) is 22.8 Å². The van der Waals surface area contributed by atoms with Crippen LogP contribution in [0.25, 0.3) is 5.70 Å². The molecule has 4 nitrogen and oxygen atoms in total. The highest BCUT2D eigenvalue weighted by Gasteiger charge is 2.08. The summed E-state index contributed by atoms with van der Waals surface area (Å²) in [7, 11) is 3.72. The van der Waals surface area contributed by atoms with Crippen LogP contribution in [0.4, 0.5) is 5.82 Å². The average molecular weight is 178 g/mol. The Hall–Kier alpha value is -1.58.